The average molecular weight is 354 g/mol. The Morgan fingerprint density at radius 3 is 2.60 bits per heavy atom. The number of alkyl halides is 3. The first kappa shape index (κ1) is 15.1. The number of benzene rings is 1. The lowest BCUT2D eigenvalue weighted by Gasteiger charge is -2.26. The zero-order valence-electron chi connectivity index (χ0n) is 10.1. The third kappa shape index (κ3) is 2.90. The maximum Gasteiger partial charge on any atom is 0.418 e. The number of anilines is 1. The number of hydrogen-bond donors (Lipinski definition) is 2. The van der Waals surface area contributed by atoms with Gasteiger partial charge in [-0.3, -0.25) is 0 Å². The van der Waals surface area contributed by atoms with Crippen LogP contribution in [0, 0.1) is 0 Å². The van der Waals surface area contributed by atoms with Crippen LogP contribution in [0.2, 0.25) is 0 Å². The van der Waals surface area contributed by atoms with Crippen LogP contribution in [0.5, 0.6) is 0 Å². The molecule has 1 heterocycles. The largest absolute Gasteiger partial charge is 0.480 e. The Hall–Kier alpha value is -1.28. The van der Waals surface area contributed by atoms with Crippen molar-refractivity contribution in [2.24, 2.45) is 0 Å². The van der Waals surface area contributed by atoms with E-state index >= 15 is 0 Å². The third-order valence-corrected chi connectivity index (χ3v) is 3.63. The Bertz CT molecular complexity index is 535. The molecule has 110 valence electrons. The van der Waals surface area contributed by atoms with Gasteiger partial charge in [0.25, 0.3) is 0 Å². The maximum absolute atomic E-state index is 13.0. The van der Waals surface area contributed by atoms with Gasteiger partial charge in [0.15, 0.2) is 0 Å². The molecule has 2 rings (SSSR count). The molecule has 2 atom stereocenters. The zero-order chi connectivity index (χ0) is 15.1. The van der Waals surface area contributed by atoms with E-state index in [1.54, 1.807) is 0 Å². The van der Waals surface area contributed by atoms with Crippen LogP contribution in [0.15, 0.2) is 22.7 Å². The molecule has 0 aromatic heterocycles. The third-order valence-electron chi connectivity index (χ3n) is 3.14. The highest BCUT2D eigenvalue weighted by atomic mass is 79.9. The summed E-state index contributed by atoms with van der Waals surface area (Å²) < 4.78 is 39.4. The number of aliphatic hydroxyl groups excluding tert-OH is 1. The Kier molecular flexibility index (Phi) is 3.97. The second-order valence-electron chi connectivity index (χ2n) is 4.56. The van der Waals surface area contributed by atoms with Crippen molar-refractivity contribution in [1.29, 1.82) is 0 Å². The number of β-amino-alcohol motifs (C(OH)–C–C–N with tert-alkyl or cyclic N) is 1. The molecule has 0 radical (unpaired) electrons. The molecule has 2 N–H and O–H groups in total. The highest BCUT2D eigenvalue weighted by molar-refractivity contribution is 9.10. The monoisotopic (exact) mass is 353 g/mol. The molecular weight excluding hydrogens is 343 g/mol. The SMILES string of the molecule is O=C(O)C1CC(O)CN1c1ccc(Br)cc1C(F)(F)F. The van der Waals surface area contributed by atoms with Crippen molar-refractivity contribution in [3.8, 4) is 0 Å². The lowest BCUT2D eigenvalue weighted by Crippen LogP contribution is -2.37. The van der Waals surface area contributed by atoms with Crippen LogP contribution in [-0.4, -0.2) is 34.9 Å². The summed E-state index contributed by atoms with van der Waals surface area (Å²) in [6.07, 6.45) is -5.65. The molecular formula is C12H11BrF3NO3. The van der Waals surface area contributed by atoms with Crippen LogP contribution >= 0.6 is 15.9 Å². The summed E-state index contributed by atoms with van der Waals surface area (Å²) in [5.41, 5.74) is -1.16. The van der Waals surface area contributed by atoms with E-state index in [0.717, 1.165) is 11.0 Å². The minimum atomic E-state index is -4.60. The van der Waals surface area contributed by atoms with Gasteiger partial charge in [0, 0.05) is 23.1 Å². The molecule has 8 heteroatoms. The van der Waals surface area contributed by atoms with E-state index in [4.69, 9.17) is 5.11 Å². The Labute approximate surface area is 120 Å². The molecule has 1 aliphatic rings. The van der Waals surface area contributed by atoms with Crippen molar-refractivity contribution < 1.29 is 28.2 Å². The number of nitrogens with zero attached hydrogens (tertiary/aromatic N) is 1. The van der Waals surface area contributed by atoms with Crippen molar-refractivity contribution in [3.05, 3.63) is 28.2 Å². The van der Waals surface area contributed by atoms with E-state index in [2.05, 4.69) is 15.9 Å². The summed E-state index contributed by atoms with van der Waals surface area (Å²) in [7, 11) is 0. The van der Waals surface area contributed by atoms with Gasteiger partial charge in [-0.25, -0.2) is 4.79 Å². The lowest BCUT2D eigenvalue weighted by molar-refractivity contribution is -0.140. The van der Waals surface area contributed by atoms with E-state index in [1.807, 2.05) is 0 Å². The normalized spacial score (nSPS) is 23.1. The molecule has 20 heavy (non-hydrogen) atoms. The van der Waals surface area contributed by atoms with E-state index in [-0.39, 0.29) is 23.1 Å². The van der Waals surface area contributed by atoms with Gasteiger partial charge in [-0.2, -0.15) is 13.2 Å². The minimum Gasteiger partial charge on any atom is -0.480 e. The second-order valence-corrected chi connectivity index (χ2v) is 5.47. The molecule has 1 aromatic rings. The fourth-order valence-electron chi connectivity index (χ4n) is 2.30. The van der Waals surface area contributed by atoms with Gasteiger partial charge in [-0.15, -0.1) is 0 Å². The topological polar surface area (TPSA) is 60.8 Å². The molecule has 1 aromatic carbocycles. The van der Waals surface area contributed by atoms with Gasteiger partial charge in [0.2, 0.25) is 0 Å². The van der Waals surface area contributed by atoms with Gasteiger partial charge in [-0.1, -0.05) is 15.9 Å². The molecule has 1 saturated heterocycles. The van der Waals surface area contributed by atoms with Crippen LogP contribution in [0.4, 0.5) is 18.9 Å². The number of carboxylic acid groups (broad SMARTS) is 1. The molecule has 0 saturated carbocycles. The summed E-state index contributed by atoms with van der Waals surface area (Å²) in [4.78, 5) is 12.2. The predicted molar refractivity (Wildman–Crippen MR) is 68.5 cm³/mol. The summed E-state index contributed by atoms with van der Waals surface area (Å²) in [5.74, 6) is -1.25. The van der Waals surface area contributed by atoms with Gasteiger partial charge >= 0.3 is 12.1 Å². The summed E-state index contributed by atoms with van der Waals surface area (Å²) in [5, 5.41) is 18.6. The quantitative estimate of drug-likeness (QED) is 0.857. The molecule has 2 unspecified atom stereocenters. The molecule has 0 spiro atoms. The highest BCUT2D eigenvalue weighted by Crippen LogP contribution is 2.40. The summed E-state index contributed by atoms with van der Waals surface area (Å²) in [6, 6.07) is 2.36. The lowest BCUT2D eigenvalue weighted by atomic mass is 10.1. The van der Waals surface area contributed by atoms with E-state index < -0.39 is 29.9 Å². The first-order valence-corrected chi connectivity index (χ1v) is 6.53. The van der Waals surface area contributed by atoms with Crippen molar-refractivity contribution in [1.82, 2.24) is 0 Å². The number of hydrogen-bond acceptors (Lipinski definition) is 3. The fraction of sp³-hybridized carbons (Fsp3) is 0.417. The number of aliphatic carboxylic acids is 1. The first-order chi connectivity index (χ1) is 9.20. The Morgan fingerprint density at radius 2 is 2.05 bits per heavy atom. The smallest absolute Gasteiger partial charge is 0.418 e. The zero-order valence-corrected chi connectivity index (χ0v) is 11.6. The number of halogens is 4. The minimum absolute atomic E-state index is 0.0945. The van der Waals surface area contributed by atoms with Gasteiger partial charge in [0.1, 0.15) is 6.04 Å². The molecule has 0 amide bonds. The maximum atomic E-state index is 13.0. The van der Waals surface area contributed by atoms with Crippen LogP contribution in [-0.2, 0) is 11.0 Å². The summed E-state index contributed by atoms with van der Waals surface area (Å²) in [6.45, 7) is -0.137. The van der Waals surface area contributed by atoms with Crippen molar-refractivity contribution in [3.63, 3.8) is 0 Å². The molecule has 1 fully saturated rings. The van der Waals surface area contributed by atoms with Gasteiger partial charge < -0.3 is 15.1 Å². The average Bonchev–Trinajstić information content (AvgIpc) is 2.70. The van der Waals surface area contributed by atoms with Crippen molar-refractivity contribution in [2.45, 2.75) is 24.7 Å². The molecule has 0 aliphatic carbocycles. The Balaban J connectivity index is 2.49. The summed E-state index contributed by atoms with van der Waals surface area (Å²) >= 11 is 2.97. The number of rotatable bonds is 2. The van der Waals surface area contributed by atoms with Gasteiger partial charge in [-0.05, 0) is 18.2 Å². The number of carbonyl (C=O) groups is 1. The van der Waals surface area contributed by atoms with Crippen molar-refractivity contribution >= 4 is 27.6 Å². The fourth-order valence-corrected chi connectivity index (χ4v) is 2.66. The first-order valence-electron chi connectivity index (χ1n) is 5.74. The van der Waals surface area contributed by atoms with Crippen molar-refractivity contribution in [2.75, 3.05) is 11.4 Å². The van der Waals surface area contributed by atoms with Gasteiger partial charge in [0.05, 0.1) is 11.7 Å². The van der Waals surface area contributed by atoms with Crippen LogP contribution in [0.3, 0.4) is 0 Å². The molecule has 0 bridgehead atoms. The second kappa shape index (κ2) is 5.25. The predicted octanol–water partition coefficient (Wildman–Crippen LogP) is 2.49. The Morgan fingerprint density at radius 1 is 1.40 bits per heavy atom. The van der Waals surface area contributed by atoms with Crippen LogP contribution in [0.25, 0.3) is 0 Å². The highest BCUT2D eigenvalue weighted by Gasteiger charge is 2.41. The van der Waals surface area contributed by atoms with Crippen LogP contribution in [0.1, 0.15) is 12.0 Å². The van der Waals surface area contributed by atoms with Crippen LogP contribution < -0.4 is 4.90 Å². The number of carboxylic acids is 1. The molecule has 1 aliphatic heterocycles. The van der Waals surface area contributed by atoms with E-state index in [9.17, 15) is 23.1 Å². The van der Waals surface area contributed by atoms with E-state index in [1.165, 1.54) is 12.1 Å². The standard InChI is InChI=1S/C12H11BrF3NO3/c13-6-1-2-9(8(3-6)12(14,15)16)17-5-7(18)4-10(17)11(19)20/h1-3,7,10,18H,4-5H2,(H,19,20). The molecule has 4 nitrogen and oxygen atoms in total. The number of aliphatic hydroxyl groups is 1. The van der Waals surface area contributed by atoms with E-state index in [0.29, 0.717) is 0 Å².